The average Bonchev–Trinajstić information content (AvgIpc) is 3.32. The van der Waals surface area contributed by atoms with Gasteiger partial charge in [-0.2, -0.15) is 0 Å². The van der Waals surface area contributed by atoms with Gasteiger partial charge >= 0.3 is 0 Å². The highest BCUT2D eigenvalue weighted by Crippen LogP contribution is 2.29. The van der Waals surface area contributed by atoms with Gasteiger partial charge in [0, 0.05) is 36.3 Å². The van der Waals surface area contributed by atoms with Crippen molar-refractivity contribution in [2.75, 3.05) is 13.1 Å². The highest BCUT2D eigenvalue weighted by molar-refractivity contribution is 7.13. The standard InChI is InChI=1S/C17H18N6OS2/c1-10-9-13(16-18-5-8-25-16)20-15(19-10)12-3-6-23(7-4-12)17(24)14-11(2)21-22-26-14/h5,8-9,12H,3-4,6-7H2,1-2H3. The Hall–Kier alpha value is -2.26. The second-order valence-corrected chi connectivity index (χ2v) is 7.99. The molecule has 3 aromatic heterocycles. The van der Waals surface area contributed by atoms with E-state index in [0.29, 0.717) is 23.7 Å². The van der Waals surface area contributed by atoms with E-state index >= 15 is 0 Å². The van der Waals surface area contributed by atoms with Crippen molar-refractivity contribution in [2.24, 2.45) is 0 Å². The van der Waals surface area contributed by atoms with Gasteiger partial charge in [0.1, 0.15) is 21.4 Å². The number of hydrogen-bond acceptors (Lipinski definition) is 8. The number of nitrogens with zero attached hydrogens (tertiary/aromatic N) is 6. The molecule has 0 N–H and O–H groups in total. The molecule has 4 rings (SSSR count). The van der Waals surface area contributed by atoms with E-state index in [-0.39, 0.29) is 11.8 Å². The van der Waals surface area contributed by atoms with Crippen molar-refractivity contribution < 1.29 is 4.79 Å². The predicted molar refractivity (Wildman–Crippen MR) is 100 cm³/mol. The summed E-state index contributed by atoms with van der Waals surface area (Å²) in [6, 6.07) is 1.97. The molecule has 0 aromatic carbocycles. The summed E-state index contributed by atoms with van der Waals surface area (Å²) >= 11 is 2.75. The summed E-state index contributed by atoms with van der Waals surface area (Å²) in [4.78, 5) is 28.9. The van der Waals surface area contributed by atoms with E-state index in [2.05, 4.69) is 19.6 Å². The molecule has 3 aromatic rings. The molecule has 1 fully saturated rings. The van der Waals surface area contributed by atoms with Crippen molar-refractivity contribution in [2.45, 2.75) is 32.6 Å². The number of amides is 1. The quantitative estimate of drug-likeness (QED) is 0.688. The number of likely N-dealkylation sites (tertiary alicyclic amines) is 1. The molecule has 0 saturated carbocycles. The van der Waals surface area contributed by atoms with Crippen LogP contribution in [0.15, 0.2) is 17.6 Å². The molecule has 1 amide bonds. The Morgan fingerprint density at radius 2 is 2.04 bits per heavy atom. The van der Waals surface area contributed by atoms with Crippen LogP contribution in [-0.2, 0) is 0 Å². The SMILES string of the molecule is Cc1cc(-c2nccs2)nc(C2CCN(C(=O)c3snnc3C)CC2)n1. The molecule has 7 nitrogen and oxygen atoms in total. The van der Waals surface area contributed by atoms with Crippen molar-refractivity contribution in [1.29, 1.82) is 0 Å². The van der Waals surface area contributed by atoms with Gasteiger partial charge in [-0.15, -0.1) is 16.4 Å². The summed E-state index contributed by atoms with van der Waals surface area (Å²) in [5.74, 6) is 1.15. The lowest BCUT2D eigenvalue weighted by Crippen LogP contribution is -2.38. The maximum atomic E-state index is 12.6. The van der Waals surface area contributed by atoms with Gasteiger partial charge in [0.25, 0.3) is 5.91 Å². The molecule has 0 unspecified atom stereocenters. The molecule has 26 heavy (non-hydrogen) atoms. The van der Waals surface area contributed by atoms with Crippen LogP contribution < -0.4 is 0 Å². The summed E-state index contributed by atoms with van der Waals surface area (Å²) < 4.78 is 3.86. The topological polar surface area (TPSA) is 84.8 Å². The van der Waals surface area contributed by atoms with Crippen molar-refractivity contribution in [3.8, 4) is 10.7 Å². The largest absolute Gasteiger partial charge is 0.338 e. The molecule has 0 radical (unpaired) electrons. The fourth-order valence-electron chi connectivity index (χ4n) is 3.15. The number of rotatable bonds is 3. The van der Waals surface area contributed by atoms with E-state index in [1.807, 2.05) is 30.2 Å². The lowest BCUT2D eigenvalue weighted by Gasteiger charge is -2.31. The van der Waals surface area contributed by atoms with Crippen molar-refractivity contribution in [3.05, 3.63) is 39.7 Å². The number of aromatic nitrogens is 5. The van der Waals surface area contributed by atoms with E-state index in [9.17, 15) is 4.79 Å². The minimum absolute atomic E-state index is 0.0320. The molecule has 0 spiro atoms. The van der Waals surface area contributed by atoms with Crippen molar-refractivity contribution >= 4 is 28.8 Å². The Morgan fingerprint density at radius 3 is 2.69 bits per heavy atom. The molecule has 0 bridgehead atoms. The zero-order chi connectivity index (χ0) is 18.1. The van der Waals surface area contributed by atoms with Crippen LogP contribution in [0.4, 0.5) is 0 Å². The Morgan fingerprint density at radius 1 is 1.23 bits per heavy atom. The fourth-order valence-corrected chi connectivity index (χ4v) is 4.37. The molecule has 4 heterocycles. The van der Waals surface area contributed by atoms with Crippen LogP contribution in [0.2, 0.25) is 0 Å². The van der Waals surface area contributed by atoms with Crippen LogP contribution in [0.3, 0.4) is 0 Å². The van der Waals surface area contributed by atoms with Gasteiger partial charge in [-0.05, 0) is 44.3 Å². The lowest BCUT2D eigenvalue weighted by molar-refractivity contribution is 0.0715. The van der Waals surface area contributed by atoms with Gasteiger partial charge in [0.2, 0.25) is 0 Å². The molecule has 0 atom stereocenters. The van der Waals surface area contributed by atoms with E-state index in [1.165, 1.54) is 11.5 Å². The summed E-state index contributed by atoms with van der Waals surface area (Å²) in [7, 11) is 0. The van der Waals surface area contributed by atoms with Gasteiger partial charge in [-0.25, -0.2) is 15.0 Å². The minimum Gasteiger partial charge on any atom is -0.338 e. The van der Waals surface area contributed by atoms with Crippen LogP contribution >= 0.6 is 22.9 Å². The molecule has 1 aliphatic rings. The number of carbonyl (C=O) groups excluding carboxylic acids is 1. The third-order valence-electron chi connectivity index (χ3n) is 4.52. The van der Waals surface area contributed by atoms with Crippen LogP contribution in [0.1, 0.15) is 45.6 Å². The number of aryl methyl sites for hydroxylation is 2. The first kappa shape index (κ1) is 17.2. The van der Waals surface area contributed by atoms with Crippen LogP contribution in [0.5, 0.6) is 0 Å². The highest BCUT2D eigenvalue weighted by atomic mass is 32.1. The Labute approximate surface area is 159 Å². The normalized spacial score (nSPS) is 15.4. The van der Waals surface area contributed by atoms with Gasteiger partial charge in [-0.1, -0.05) is 4.49 Å². The average molecular weight is 387 g/mol. The number of carbonyl (C=O) groups is 1. The minimum atomic E-state index is 0.0320. The Balaban J connectivity index is 1.48. The third-order valence-corrected chi connectivity index (χ3v) is 6.13. The van der Waals surface area contributed by atoms with E-state index in [4.69, 9.17) is 4.98 Å². The maximum absolute atomic E-state index is 12.6. The first-order chi connectivity index (χ1) is 12.6. The molecule has 0 aliphatic carbocycles. The molecular weight excluding hydrogens is 368 g/mol. The van der Waals surface area contributed by atoms with Gasteiger partial charge in [0.05, 0.1) is 5.69 Å². The molecule has 1 aliphatic heterocycles. The predicted octanol–water partition coefficient (Wildman–Crippen LogP) is 3.09. The fraction of sp³-hybridized carbons (Fsp3) is 0.412. The van der Waals surface area contributed by atoms with Crippen molar-refractivity contribution in [1.82, 2.24) is 29.4 Å². The molecule has 134 valence electrons. The highest BCUT2D eigenvalue weighted by Gasteiger charge is 2.28. The van der Waals surface area contributed by atoms with E-state index in [0.717, 1.165) is 35.1 Å². The van der Waals surface area contributed by atoms with Crippen LogP contribution in [0.25, 0.3) is 10.7 Å². The van der Waals surface area contributed by atoms with Gasteiger partial charge in [-0.3, -0.25) is 4.79 Å². The van der Waals surface area contributed by atoms with E-state index < -0.39 is 0 Å². The molecular formula is C17H18N6OS2. The summed E-state index contributed by atoms with van der Waals surface area (Å²) in [6.07, 6.45) is 3.51. The number of thiazole rings is 1. The first-order valence-corrected chi connectivity index (χ1v) is 10.1. The zero-order valence-corrected chi connectivity index (χ0v) is 16.2. The Bertz CT molecular complexity index is 915. The lowest BCUT2D eigenvalue weighted by atomic mass is 9.95. The second kappa shape index (κ2) is 7.16. The Kier molecular flexibility index (Phi) is 4.73. The summed E-state index contributed by atoms with van der Waals surface area (Å²) in [6.45, 7) is 5.21. The zero-order valence-electron chi connectivity index (χ0n) is 14.5. The number of hydrogen-bond donors (Lipinski definition) is 0. The van der Waals surface area contributed by atoms with Gasteiger partial charge in [0.15, 0.2) is 0 Å². The van der Waals surface area contributed by atoms with Crippen LogP contribution in [-0.4, -0.2) is 48.4 Å². The molecule has 1 saturated heterocycles. The van der Waals surface area contributed by atoms with Crippen LogP contribution in [0, 0.1) is 13.8 Å². The maximum Gasteiger partial charge on any atom is 0.267 e. The first-order valence-electron chi connectivity index (χ1n) is 8.45. The van der Waals surface area contributed by atoms with E-state index in [1.54, 1.807) is 17.5 Å². The third kappa shape index (κ3) is 3.36. The number of piperidine rings is 1. The van der Waals surface area contributed by atoms with Gasteiger partial charge < -0.3 is 4.90 Å². The summed E-state index contributed by atoms with van der Waals surface area (Å²) in [5, 5.41) is 6.80. The monoisotopic (exact) mass is 386 g/mol. The molecule has 9 heteroatoms. The smallest absolute Gasteiger partial charge is 0.267 e. The van der Waals surface area contributed by atoms with Crippen molar-refractivity contribution in [3.63, 3.8) is 0 Å². The second-order valence-electron chi connectivity index (χ2n) is 6.34. The summed E-state index contributed by atoms with van der Waals surface area (Å²) in [5.41, 5.74) is 2.54.